The number of carbonyl (C=O) groups is 1. The van der Waals surface area contributed by atoms with Crippen LogP contribution in [0.1, 0.15) is 41.3 Å². The van der Waals surface area contributed by atoms with E-state index in [0.717, 1.165) is 0 Å². The molecule has 0 fully saturated rings. The first-order valence-corrected chi connectivity index (χ1v) is 4.50. The van der Waals surface area contributed by atoms with Gasteiger partial charge in [-0.15, -0.1) is 0 Å². The van der Waals surface area contributed by atoms with Crippen LogP contribution in [0.5, 0.6) is 5.75 Å². The van der Waals surface area contributed by atoms with Crippen LogP contribution in [0, 0.1) is 6.92 Å². The van der Waals surface area contributed by atoms with Crippen molar-refractivity contribution in [1.82, 2.24) is 0 Å². The largest absolute Gasteiger partial charge is 0.507 e. The summed E-state index contributed by atoms with van der Waals surface area (Å²) >= 11 is 0. The highest BCUT2D eigenvalue weighted by molar-refractivity contribution is 5.88. The molecule has 0 atom stereocenters. The predicted octanol–water partition coefficient (Wildman–Crippen LogP) is 2.52. The van der Waals surface area contributed by atoms with E-state index in [2.05, 4.69) is 0 Å². The molecule has 0 amide bonds. The molecule has 76 valence electrons. The number of aryl methyl sites for hydroxylation is 1. The predicted molar refractivity (Wildman–Crippen MR) is 53.9 cm³/mol. The van der Waals surface area contributed by atoms with Crippen LogP contribution in [0.2, 0.25) is 0 Å². The highest BCUT2D eigenvalue weighted by Gasteiger charge is 2.13. The van der Waals surface area contributed by atoms with Gasteiger partial charge in [-0.25, -0.2) is 4.79 Å². The fraction of sp³-hybridized carbons (Fsp3) is 0.364. The Morgan fingerprint density at radius 2 is 1.93 bits per heavy atom. The molecule has 0 radical (unpaired) electrons. The molecule has 0 aliphatic carbocycles. The molecule has 0 spiro atoms. The van der Waals surface area contributed by atoms with Crippen molar-refractivity contribution in [2.45, 2.75) is 26.7 Å². The van der Waals surface area contributed by atoms with E-state index in [4.69, 9.17) is 5.11 Å². The molecular weight excluding hydrogens is 180 g/mol. The molecule has 1 aromatic rings. The minimum absolute atomic E-state index is 0.119. The summed E-state index contributed by atoms with van der Waals surface area (Å²) in [5.41, 5.74) is 1.51. The van der Waals surface area contributed by atoms with E-state index < -0.39 is 5.97 Å². The van der Waals surface area contributed by atoms with E-state index in [0.29, 0.717) is 11.1 Å². The molecule has 0 heterocycles. The van der Waals surface area contributed by atoms with E-state index in [9.17, 15) is 9.90 Å². The summed E-state index contributed by atoms with van der Waals surface area (Å²) in [5.74, 6) is -0.645. The Morgan fingerprint density at radius 3 is 2.36 bits per heavy atom. The van der Waals surface area contributed by atoms with E-state index in [-0.39, 0.29) is 17.2 Å². The van der Waals surface area contributed by atoms with Gasteiger partial charge >= 0.3 is 5.97 Å². The molecule has 3 nitrogen and oxygen atoms in total. The topological polar surface area (TPSA) is 57.5 Å². The van der Waals surface area contributed by atoms with Gasteiger partial charge in [-0.3, -0.25) is 0 Å². The van der Waals surface area contributed by atoms with Gasteiger partial charge in [0.25, 0.3) is 0 Å². The van der Waals surface area contributed by atoms with Crippen molar-refractivity contribution in [2.75, 3.05) is 0 Å². The molecule has 0 aliphatic rings. The molecule has 14 heavy (non-hydrogen) atoms. The lowest BCUT2D eigenvalue weighted by Gasteiger charge is -2.11. The molecule has 0 aromatic heterocycles. The number of hydrogen-bond donors (Lipinski definition) is 2. The number of hydrogen-bond acceptors (Lipinski definition) is 2. The number of aromatic carboxylic acids is 1. The molecule has 2 N–H and O–H groups in total. The Morgan fingerprint density at radius 1 is 1.36 bits per heavy atom. The van der Waals surface area contributed by atoms with Crippen molar-refractivity contribution in [3.05, 3.63) is 28.8 Å². The van der Waals surface area contributed by atoms with Crippen LogP contribution in [-0.4, -0.2) is 16.2 Å². The molecule has 1 aromatic carbocycles. The number of rotatable bonds is 2. The van der Waals surface area contributed by atoms with Crippen LogP contribution in [0.25, 0.3) is 0 Å². The summed E-state index contributed by atoms with van der Waals surface area (Å²) in [6, 6.07) is 3.00. The van der Waals surface area contributed by atoms with Gasteiger partial charge in [0.15, 0.2) is 0 Å². The monoisotopic (exact) mass is 194 g/mol. The van der Waals surface area contributed by atoms with Crippen molar-refractivity contribution in [3.8, 4) is 5.75 Å². The second-order valence-corrected chi connectivity index (χ2v) is 3.69. The number of benzene rings is 1. The second kappa shape index (κ2) is 3.70. The van der Waals surface area contributed by atoms with Crippen LogP contribution in [0.15, 0.2) is 12.1 Å². The highest BCUT2D eigenvalue weighted by atomic mass is 16.4. The maximum absolute atomic E-state index is 10.8. The average molecular weight is 194 g/mol. The van der Waals surface area contributed by atoms with E-state index in [1.165, 1.54) is 12.1 Å². The van der Waals surface area contributed by atoms with E-state index in [1.807, 2.05) is 13.8 Å². The van der Waals surface area contributed by atoms with Gasteiger partial charge in [-0.05, 0) is 36.1 Å². The Bertz CT molecular complexity index is 367. The second-order valence-electron chi connectivity index (χ2n) is 3.69. The van der Waals surface area contributed by atoms with Crippen molar-refractivity contribution >= 4 is 5.97 Å². The van der Waals surface area contributed by atoms with Crippen LogP contribution in [0.3, 0.4) is 0 Å². The van der Waals surface area contributed by atoms with Gasteiger partial charge in [0.1, 0.15) is 5.75 Å². The summed E-state index contributed by atoms with van der Waals surface area (Å²) in [4.78, 5) is 10.8. The molecule has 0 unspecified atom stereocenters. The summed E-state index contributed by atoms with van der Waals surface area (Å²) in [7, 11) is 0. The fourth-order valence-corrected chi connectivity index (χ4v) is 1.37. The minimum atomic E-state index is -0.963. The van der Waals surface area contributed by atoms with Crippen LogP contribution < -0.4 is 0 Å². The number of aromatic hydroxyl groups is 1. The quantitative estimate of drug-likeness (QED) is 0.760. The summed E-state index contributed by atoms with van der Waals surface area (Å²) in [5, 5.41) is 18.5. The van der Waals surface area contributed by atoms with Crippen molar-refractivity contribution < 1.29 is 15.0 Å². The van der Waals surface area contributed by atoms with Crippen molar-refractivity contribution in [3.63, 3.8) is 0 Å². The maximum atomic E-state index is 10.8. The first-order valence-electron chi connectivity index (χ1n) is 4.50. The Kier molecular flexibility index (Phi) is 2.79. The van der Waals surface area contributed by atoms with Gasteiger partial charge < -0.3 is 10.2 Å². The zero-order valence-electron chi connectivity index (χ0n) is 8.53. The molecular formula is C11H14O3. The normalized spacial score (nSPS) is 10.6. The average Bonchev–Trinajstić information content (AvgIpc) is 2.08. The number of carboxylic acid groups (broad SMARTS) is 1. The molecule has 0 saturated carbocycles. The summed E-state index contributed by atoms with van der Waals surface area (Å²) in [6.45, 7) is 5.54. The summed E-state index contributed by atoms with van der Waals surface area (Å²) < 4.78 is 0. The van der Waals surface area contributed by atoms with Crippen LogP contribution in [0.4, 0.5) is 0 Å². The Labute approximate surface area is 83.0 Å². The third-order valence-electron chi connectivity index (χ3n) is 2.20. The third kappa shape index (κ3) is 1.87. The fourth-order valence-electron chi connectivity index (χ4n) is 1.37. The lowest BCUT2D eigenvalue weighted by Crippen LogP contribution is -2.00. The smallest absolute Gasteiger partial charge is 0.335 e. The van der Waals surface area contributed by atoms with Gasteiger partial charge in [-0.2, -0.15) is 0 Å². The molecule has 1 rings (SSSR count). The third-order valence-corrected chi connectivity index (χ3v) is 2.20. The van der Waals surface area contributed by atoms with Gasteiger partial charge in [0, 0.05) is 0 Å². The van der Waals surface area contributed by atoms with Gasteiger partial charge in [0.05, 0.1) is 5.56 Å². The Balaban J connectivity index is 3.35. The maximum Gasteiger partial charge on any atom is 0.335 e. The summed E-state index contributed by atoms with van der Waals surface area (Å²) in [6.07, 6.45) is 0. The van der Waals surface area contributed by atoms with Crippen LogP contribution in [-0.2, 0) is 0 Å². The van der Waals surface area contributed by atoms with Gasteiger partial charge in [0.2, 0.25) is 0 Å². The van der Waals surface area contributed by atoms with Gasteiger partial charge in [-0.1, -0.05) is 13.8 Å². The zero-order valence-corrected chi connectivity index (χ0v) is 8.53. The SMILES string of the molecule is Cc1cc(C(=O)O)cc(C(C)C)c1O. The highest BCUT2D eigenvalue weighted by Crippen LogP contribution is 2.29. The molecule has 0 bridgehead atoms. The number of phenols is 1. The lowest BCUT2D eigenvalue weighted by molar-refractivity contribution is 0.0696. The minimum Gasteiger partial charge on any atom is -0.507 e. The standard InChI is InChI=1S/C11H14O3/c1-6(2)9-5-8(11(13)14)4-7(3)10(9)12/h4-6,12H,1-3H3,(H,13,14). The zero-order chi connectivity index (χ0) is 10.9. The number of carboxylic acids is 1. The van der Waals surface area contributed by atoms with Crippen molar-refractivity contribution in [1.29, 1.82) is 0 Å². The lowest BCUT2D eigenvalue weighted by atomic mass is 9.97. The first kappa shape index (κ1) is 10.6. The molecule has 0 aliphatic heterocycles. The number of phenolic OH excluding ortho intramolecular Hbond substituents is 1. The molecule has 3 heteroatoms. The Hall–Kier alpha value is -1.51. The van der Waals surface area contributed by atoms with E-state index in [1.54, 1.807) is 6.92 Å². The van der Waals surface area contributed by atoms with Crippen molar-refractivity contribution in [2.24, 2.45) is 0 Å². The first-order chi connectivity index (χ1) is 6.43. The van der Waals surface area contributed by atoms with E-state index >= 15 is 0 Å². The van der Waals surface area contributed by atoms with Crippen LogP contribution >= 0.6 is 0 Å². The molecule has 0 saturated heterocycles.